The van der Waals surface area contributed by atoms with Gasteiger partial charge in [-0.3, -0.25) is 9.89 Å². The van der Waals surface area contributed by atoms with Gasteiger partial charge in [0.15, 0.2) is 0 Å². The third-order valence-electron chi connectivity index (χ3n) is 6.72. The maximum absolute atomic E-state index is 13.9. The number of ether oxygens (including phenoxy) is 2. The Bertz CT molecular complexity index is 1460. The topological polar surface area (TPSA) is 114 Å². The third kappa shape index (κ3) is 5.35. The van der Waals surface area contributed by atoms with E-state index in [9.17, 15) is 14.0 Å². The Labute approximate surface area is 219 Å². The lowest BCUT2D eigenvalue weighted by Crippen LogP contribution is -2.51. The molecule has 2 aromatic heterocycles. The summed E-state index contributed by atoms with van der Waals surface area (Å²) >= 11 is 0. The molecule has 1 saturated heterocycles. The van der Waals surface area contributed by atoms with Gasteiger partial charge in [0, 0.05) is 18.8 Å². The number of halogens is 1. The minimum Gasteiger partial charge on any atom is -0.444 e. The molecule has 3 N–H and O–H groups in total. The zero-order valence-electron chi connectivity index (χ0n) is 21.8. The van der Waals surface area contributed by atoms with Crippen LogP contribution in [0.1, 0.15) is 50.4 Å². The van der Waals surface area contributed by atoms with Gasteiger partial charge in [-0.05, 0) is 76.3 Å². The third-order valence-corrected chi connectivity index (χ3v) is 6.72. The van der Waals surface area contributed by atoms with E-state index in [0.29, 0.717) is 56.1 Å². The van der Waals surface area contributed by atoms with Crippen LogP contribution in [0, 0.1) is 5.82 Å². The zero-order valence-corrected chi connectivity index (χ0v) is 21.8. The zero-order chi connectivity index (χ0) is 26.9. The molecule has 0 unspecified atom stereocenters. The minimum atomic E-state index is -0.908. The van der Waals surface area contributed by atoms with Gasteiger partial charge in [0.2, 0.25) is 5.95 Å². The molecule has 200 valence electrons. The van der Waals surface area contributed by atoms with E-state index in [4.69, 9.17) is 9.47 Å². The molecule has 10 heteroatoms. The highest BCUT2D eigenvalue weighted by atomic mass is 19.1. The quantitative estimate of drug-likeness (QED) is 0.346. The van der Waals surface area contributed by atoms with Gasteiger partial charge in [-0.15, -0.1) is 0 Å². The monoisotopic (exact) mass is 521 g/mol. The predicted octanol–water partition coefficient (Wildman–Crippen LogP) is 4.50. The molecule has 0 radical (unpaired) electrons. The summed E-state index contributed by atoms with van der Waals surface area (Å²) in [5.41, 5.74) is 1.68. The van der Waals surface area contributed by atoms with Crippen LogP contribution in [0.5, 0.6) is 0 Å². The Kier molecular flexibility index (Phi) is 6.83. The molecule has 0 saturated carbocycles. The molecule has 0 aliphatic carbocycles. The SMILES string of the molecule is CC(C)(C)OC(=O)NC1(c2[nH]n(-c3nc4ccccc4[nH]3)c(=O)c2CCc2ccc(F)cc2)CCOCC1. The molecule has 3 heterocycles. The molecule has 4 aromatic rings. The average Bonchev–Trinajstić information content (AvgIpc) is 3.44. The number of nitrogens with one attached hydrogen (secondary N) is 3. The fourth-order valence-electron chi connectivity index (χ4n) is 4.87. The number of carbonyl (C=O) groups excluding carboxylic acids is 1. The minimum absolute atomic E-state index is 0.266. The second-order valence-electron chi connectivity index (χ2n) is 10.6. The van der Waals surface area contributed by atoms with E-state index in [-0.39, 0.29) is 11.4 Å². The maximum Gasteiger partial charge on any atom is 0.408 e. The number of benzene rings is 2. The first-order valence-electron chi connectivity index (χ1n) is 12.8. The molecule has 0 bridgehead atoms. The lowest BCUT2D eigenvalue weighted by Gasteiger charge is -2.38. The summed E-state index contributed by atoms with van der Waals surface area (Å²) in [7, 11) is 0. The molecular weight excluding hydrogens is 489 g/mol. The summed E-state index contributed by atoms with van der Waals surface area (Å²) in [6, 6.07) is 13.8. The van der Waals surface area contributed by atoms with E-state index >= 15 is 0 Å². The van der Waals surface area contributed by atoms with Crippen LogP contribution in [-0.4, -0.2) is 44.7 Å². The number of hydrogen-bond acceptors (Lipinski definition) is 5. The van der Waals surface area contributed by atoms with Crippen molar-refractivity contribution in [3.63, 3.8) is 0 Å². The fraction of sp³-hybridized carbons (Fsp3) is 0.393. The van der Waals surface area contributed by atoms with Crippen LogP contribution in [0.2, 0.25) is 0 Å². The molecule has 1 aliphatic heterocycles. The molecule has 1 fully saturated rings. The first-order chi connectivity index (χ1) is 18.1. The second-order valence-corrected chi connectivity index (χ2v) is 10.6. The van der Waals surface area contributed by atoms with Gasteiger partial charge in [0.25, 0.3) is 5.56 Å². The van der Waals surface area contributed by atoms with Crippen LogP contribution in [-0.2, 0) is 27.9 Å². The predicted molar refractivity (Wildman–Crippen MR) is 141 cm³/mol. The van der Waals surface area contributed by atoms with Crippen molar-refractivity contribution in [1.29, 1.82) is 0 Å². The van der Waals surface area contributed by atoms with Gasteiger partial charge in [0.05, 0.1) is 22.3 Å². The molecule has 1 aliphatic rings. The molecule has 1 amide bonds. The standard InChI is InChI=1S/C28H32FN5O4/c1-27(2,3)38-26(36)32-28(14-16-37-17-15-28)23-20(13-10-18-8-11-19(29)12-9-18)24(35)34(33-23)25-30-21-6-4-5-7-22(21)31-25/h4-9,11-12,33H,10,13-17H2,1-3H3,(H,30,31)(H,32,36). The summed E-state index contributed by atoms with van der Waals surface area (Å²) in [6.45, 7) is 6.22. The first-order valence-corrected chi connectivity index (χ1v) is 12.8. The number of carbonyl (C=O) groups is 1. The van der Waals surface area contributed by atoms with E-state index < -0.39 is 17.2 Å². The smallest absolute Gasteiger partial charge is 0.408 e. The number of aromatic nitrogens is 4. The van der Waals surface area contributed by atoms with Crippen molar-refractivity contribution < 1.29 is 18.7 Å². The van der Waals surface area contributed by atoms with Gasteiger partial charge in [0.1, 0.15) is 11.4 Å². The van der Waals surface area contributed by atoms with Crippen LogP contribution >= 0.6 is 0 Å². The molecule has 0 atom stereocenters. The van der Waals surface area contributed by atoms with Gasteiger partial charge in [-0.1, -0.05) is 24.3 Å². The summed E-state index contributed by atoms with van der Waals surface area (Å²) in [5.74, 6) is 0.0380. The fourth-order valence-corrected chi connectivity index (χ4v) is 4.87. The number of alkyl carbamates (subject to hydrolysis) is 1. The molecule has 2 aromatic carbocycles. The van der Waals surface area contributed by atoms with Crippen molar-refractivity contribution >= 4 is 17.1 Å². The van der Waals surface area contributed by atoms with Crippen molar-refractivity contribution in [3.8, 4) is 5.95 Å². The van der Waals surface area contributed by atoms with E-state index in [2.05, 4.69) is 20.4 Å². The van der Waals surface area contributed by atoms with Gasteiger partial charge >= 0.3 is 6.09 Å². The lowest BCUT2D eigenvalue weighted by molar-refractivity contribution is 0.0142. The number of rotatable bonds is 6. The van der Waals surface area contributed by atoms with Gasteiger partial charge in [-0.2, -0.15) is 4.68 Å². The van der Waals surface area contributed by atoms with Crippen LogP contribution in [0.3, 0.4) is 0 Å². The second kappa shape index (κ2) is 10.1. The van der Waals surface area contributed by atoms with Crippen molar-refractivity contribution in [2.75, 3.05) is 13.2 Å². The summed E-state index contributed by atoms with van der Waals surface area (Å²) < 4.78 is 26.1. The Hall–Kier alpha value is -3.92. The van der Waals surface area contributed by atoms with Crippen molar-refractivity contribution in [1.82, 2.24) is 25.1 Å². The van der Waals surface area contributed by atoms with Crippen molar-refractivity contribution in [2.45, 2.75) is 57.6 Å². The van der Waals surface area contributed by atoms with E-state index in [1.165, 1.54) is 16.8 Å². The average molecular weight is 522 g/mol. The van der Waals surface area contributed by atoms with Crippen molar-refractivity contribution in [2.24, 2.45) is 0 Å². The lowest BCUT2D eigenvalue weighted by atomic mass is 9.83. The van der Waals surface area contributed by atoms with Crippen LogP contribution in [0.15, 0.2) is 53.3 Å². The number of amides is 1. The van der Waals surface area contributed by atoms with Gasteiger partial charge in [-0.25, -0.2) is 14.2 Å². The van der Waals surface area contributed by atoms with Crippen LogP contribution in [0.4, 0.5) is 9.18 Å². The number of H-pyrrole nitrogens is 2. The van der Waals surface area contributed by atoms with Crippen LogP contribution < -0.4 is 10.9 Å². The summed E-state index contributed by atoms with van der Waals surface area (Å²) in [5, 5.41) is 6.34. The normalized spacial score (nSPS) is 15.5. The molecular formula is C28H32FN5O4. The number of nitrogens with zero attached hydrogens (tertiary/aromatic N) is 2. The number of imidazole rings is 1. The Morgan fingerprint density at radius 3 is 2.53 bits per heavy atom. The number of aromatic amines is 2. The number of hydrogen-bond donors (Lipinski definition) is 3. The van der Waals surface area contributed by atoms with Gasteiger partial charge < -0.3 is 19.8 Å². The Morgan fingerprint density at radius 1 is 1.13 bits per heavy atom. The number of fused-ring (bicyclic) bond motifs is 1. The summed E-state index contributed by atoms with van der Waals surface area (Å²) in [6.07, 6.45) is 1.23. The molecule has 9 nitrogen and oxygen atoms in total. The summed E-state index contributed by atoms with van der Waals surface area (Å²) in [4.78, 5) is 34.7. The van der Waals surface area contributed by atoms with E-state index in [1.54, 1.807) is 32.9 Å². The van der Waals surface area contributed by atoms with E-state index in [0.717, 1.165) is 16.6 Å². The van der Waals surface area contributed by atoms with Crippen LogP contribution in [0.25, 0.3) is 17.0 Å². The number of para-hydroxylation sites is 2. The molecule has 38 heavy (non-hydrogen) atoms. The highest BCUT2D eigenvalue weighted by molar-refractivity contribution is 5.76. The van der Waals surface area contributed by atoms with E-state index in [1.807, 2.05) is 24.3 Å². The van der Waals surface area contributed by atoms with Crippen molar-refractivity contribution in [3.05, 3.63) is 81.5 Å². The molecule has 0 spiro atoms. The maximum atomic E-state index is 13.9. The first kappa shape index (κ1) is 25.7. The number of aryl methyl sites for hydroxylation is 1. The molecule has 5 rings (SSSR count). The Morgan fingerprint density at radius 2 is 1.84 bits per heavy atom. The largest absolute Gasteiger partial charge is 0.444 e. The highest BCUT2D eigenvalue weighted by Gasteiger charge is 2.41. The Balaban J connectivity index is 1.59. The highest BCUT2D eigenvalue weighted by Crippen LogP contribution is 2.34.